The van der Waals surface area contributed by atoms with Gasteiger partial charge in [0.05, 0.1) is 11.3 Å². The molecule has 6 heteroatoms. The van der Waals surface area contributed by atoms with E-state index in [1.807, 2.05) is 5.38 Å². The number of oxime groups is 1. The SMILES string of the molecule is CN(C(=O)c1ccsc1)c1ccccc1C(N)=NO. The maximum atomic E-state index is 12.3. The van der Waals surface area contributed by atoms with E-state index in [1.54, 1.807) is 42.8 Å². The number of carbonyl (C=O) groups excluding carboxylic acids is 1. The third-order valence-electron chi connectivity index (χ3n) is 2.72. The number of hydrogen-bond acceptors (Lipinski definition) is 4. The van der Waals surface area contributed by atoms with E-state index in [0.29, 0.717) is 16.8 Å². The Morgan fingerprint density at radius 2 is 2.11 bits per heavy atom. The second-order valence-corrected chi connectivity index (χ2v) is 4.66. The second-order valence-electron chi connectivity index (χ2n) is 3.88. The van der Waals surface area contributed by atoms with Crippen molar-refractivity contribution in [2.24, 2.45) is 10.9 Å². The van der Waals surface area contributed by atoms with Crippen LogP contribution in [0, 0.1) is 0 Å². The number of para-hydroxylation sites is 1. The standard InChI is InChI=1S/C13H13N3O2S/c1-16(13(17)9-6-7-19-8-9)11-5-3-2-4-10(11)12(14)15-18/h2-8,18H,1H3,(H2,14,15). The number of anilines is 1. The molecule has 0 aliphatic heterocycles. The predicted octanol–water partition coefficient (Wildman–Crippen LogP) is 2.12. The van der Waals surface area contributed by atoms with Crippen molar-refractivity contribution < 1.29 is 10.0 Å². The zero-order chi connectivity index (χ0) is 13.8. The van der Waals surface area contributed by atoms with E-state index >= 15 is 0 Å². The first kappa shape index (κ1) is 13.1. The summed E-state index contributed by atoms with van der Waals surface area (Å²) in [4.78, 5) is 13.7. The molecule has 1 aromatic carbocycles. The lowest BCUT2D eigenvalue weighted by Crippen LogP contribution is -2.28. The Hall–Kier alpha value is -2.34. The molecule has 0 radical (unpaired) electrons. The van der Waals surface area contributed by atoms with Crippen molar-refractivity contribution in [1.29, 1.82) is 0 Å². The Labute approximate surface area is 114 Å². The van der Waals surface area contributed by atoms with Crippen molar-refractivity contribution in [2.45, 2.75) is 0 Å². The normalized spacial score (nSPS) is 11.3. The molecule has 0 unspecified atom stereocenters. The van der Waals surface area contributed by atoms with E-state index < -0.39 is 0 Å². The van der Waals surface area contributed by atoms with Crippen LogP contribution in [0.25, 0.3) is 0 Å². The van der Waals surface area contributed by atoms with Crippen LogP contribution in [0.2, 0.25) is 0 Å². The lowest BCUT2D eigenvalue weighted by molar-refractivity contribution is 0.0993. The summed E-state index contributed by atoms with van der Waals surface area (Å²) in [6.07, 6.45) is 0. The minimum atomic E-state index is -0.139. The summed E-state index contributed by atoms with van der Waals surface area (Å²) in [7, 11) is 1.66. The Morgan fingerprint density at radius 3 is 2.74 bits per heavy atom. The highest BCUT2D eigenvalue weighted by molar-refractivity contribution is 7.08. The minimum Gasteiger partial charge on any atom is -0.409 e. The van der Waals surface area contributed by atoms with Crippen LogP contribution in [0.1, 0.15) is 15.9 Å². The number of nitrogens with zero attached hydrogens (tertiary/aromatic N) is 2. The lowest BCUT2D eigenvalue weighted by Gasteiger charge is -2.19. The molecule has 1 heterocycles. The summed E-state index contributed by atoms with van der Waals surface area (Å²) in [5.74, 6) is -0.167. The number of nitrogens with two attached hydrogens (primary N) is 1. The van der Waals surface area contributed by atoms with Gasteiger partial charge < -0.3 is 15.8 Å². The smallest absolute Gasteiger partial charge is 0.258 e. The molecular formula is C13H13N3O2S. The first-order valence-corrected chi connectivity index (χ1v) is 6.46. The second kappa shape index (κ2) is 5.53. The average Bonchev–Trinajstić information content (AvgIpc) is 2.99. The van der Waals surface area contributed by atoms with Crippen molar-refractivity contribution >= 4 is 28.8 Å². The van der Waals surface area contributed by atoms with Crippen molar-refractivity contribution in [2.75, 3.05) is 11.9 Å². The monoisotopic (exact) mass is 275 g/mol. The number of rotatable bonds is 3. The van der Waals surface area contributed by atoms with Gasteiger partial charge in [-0.05, 0) is 23.6 Å². The highest BCUT2D eigenvalue weighted by Crippen LogP contribution is 2.21. The third-order valence-corrected chi connectivity index (χ3v) is 3.41. The highest BCUT2D eigenvalue weighted by atomic mass is 32.1. The van der Waals surface area contributed by atoms with Gasteiger partial charge in [0, 0.05) is 18.0 Å². The van der Waals surface area contributed by atoms with Crippen LogP contribution < -0.4 is 10.6 Å². The summed E-state index contributed by atoms with van der Waals surface area (Å²) in [5.41, 5.74) is 7.33. The van der Waals surface area contributed by atoms with E-state index in [1.165, 1.54) is 16.2 Å². The van der Waals surface area contributed by atoms with Crippen molar-refractivity contribution in [3.05, 3.63) is 52.2 Å². The van der Waals surface area contributed by atoms with Crippen molar-refractivity contribution in [3.8, 4) is 0 Å². The molecule has 0 spiro atoms. The highest BCUT2D eigenvalue weighted by Gasteiger charge is 2.17. The van der Waals surface area contributed by atoms with Gasteiger partial charge in [-0.15, -0.1) is 0 Å². The molecule has 0 atom stereocenters. The van der Waals surface area contributed by atoms with Crippen LogP contribution >= 0.6 is 11.3 Å². The zero-order valence-corrected chi connectivity index (χ0v) is 11.1. The van der Waals surface area contributed by atoms with Gasteiger partial charge in [0.25, 0.3) is 5.91 Å². The molecule has 98 valence electrons. The number of benzene rings is 1. The molecule has 0 fully saturated rings. The van der Waals surface area contributed by atoms with Crippen LogP contribution in [0.5, 0.6) is 0 Å². The summed E-state index contributed by atoms with van der Waals surface area (Å²) in [5, 5.41) is 15.4. The molecule has 0 saturated heterocycles. The fourth-order valence-corrected chi connectivity index (χ4v) is 2.36. The van der Waals surface area contributed by atoms with E-state index in [-0.39, 0.29) is 11.7 Å². The first-order chi connectivity index (χ1) is 9.15. The van der Waals surface area contributed by atoms with E-state index in [0.717, 1.165) is 0 Å². The zero-order valence-electron chi connectivity index (χ0n) is 10.3. The molecule has 0 aliphatic carbocycles. The molecule has 3 N–H and O–H groups in total. The quantitative estimate of drug-likeness (QED) is 0.390. The molecule has 1 amide bonds. The maximum absolute atomic E-state index is 12.3. The molecule has 0 saturated carbocycles. The van der Waals surface area contributed by atoms with Crippen molar-refractivity contribution in [1.82, 2.24) is 0 Å². The molecule has 0 aliphatic rings. The summed E-state index contributed by atoms with van der Waals surface area (Å²) in [6, 6.07) is 8.76. The molecule has 2 aromatic rings. The Kier molecular flexibility index (Phi) is 3.82. The average molecular weight is 275 g/mol. The lowest BCUT2D eigenvalue weighted by atomic mass is 10.1. The fraction of sp³-hybridized carbons (Fsp3) is 0.0769. The van der Waals surface area contributed by atoms with Gasteiger partial charge in [-0.1, -0.05) is 17.3 Å². The number of thiophene rings is 1. The Morgan fingerprint density at radius 1 is 1.37 bits per heavy atom. The number of amides is 1. The summed E-state index contributed by atoms with van der Waals surface area (Å²) in [6.45, 7) is 0. The Balaban J connectivity index is 2.39. The predicted molar refractivity (Wildman–Crippen MR) is 76.0 cm³/mol. The summed E-state index contributed by atoms with van der Waals surface area (Å²) < 4.78 is 0. The van der Waals surface area contributed by atoms with Gasteiger partial charge in [0.2, 0.25) is 0 Å². The van der Waals surface area contributed by atoms with Crippen LogP contribution in [-0.4, -0.2) is 24.0 Å². The van der Waals surface area contributed by atoms with Gasteiger partial charge >= 0.3 is 0 Å². The third kappa shape index (κ3) is 2.58. The molecule has 19 heavy (non-hydrogen) atoms. The molecule has 1 aromatic heterocycles. The fourth-order valence-electron chi connectivity index (χ4n) is 1.73. The number of carbonyl (C=O) groups is 1. The molecular weight excluding hydrogens is 262 g/mol. The van der Waals surface area contributed by atoms with Gasteiger partial charge in [0.1, 0.15) is 0 Å². The van der Waals surface area contributed by atoms with E-state index in [4.69, 9.17) is 10.9 Å². The topological polar surface area (TPSA) is 78.9 Å². The summed E-state index contributed by atoms with van der Waals surface area (Å²) >= 11 is 1.46. The largest absolute Gasteiger partial charge is 0.409 e. The van der Waals surface area contributed by atoms with Gasteiger partial charge in [-0.2, -0.15) is 11.3 Å². The molecule has 0 bridgehead atoms. The van der Waals surface area contributed by atoms with Gasteiger partial charge in [-0.25, -0.2) is 0 Å². The Bertz CT molecular complexity index is 608. The van der Waals surface area contributed by atoms with E-state index in [2.05, 4.69) is 5.16 Å². The number of hydrogen-bond donors (Lipinski definition) is 2. The first-order valence-electron chi connectivity index (χ1n) is 5.52. The van der Waals surface area contributed by atoms with Gasteiger partial charge in [-0.3, -0.25) is 4.79 Å². The van der Waals surface area contributed by atoms with Crippen molar-refractivity contribution in [3.63, 3.8) is 0 Å². The number of amidine groups is 1. The maximum Gasteiger partial charge on any atom is 0.258 e. The van der Waals surface area contributed by atoms with E-state index in [9.17, 15) is 4.79 Å². The molecule has 2 rings (SSSR count). The van der Waals surface area contributed by atoms with Gasteiger partial charge in [0.15, 0.2) is 5.84 Å². The minimum absolute atomic E-state index is 0.0273. The van der Waals surface area contributed by atoms with Crippen LogP contribution in [0.4, 0.5) is 5.69 Å². The van der Waals surface area contributed by atoms with Crippen LogP contribution in [-0.2, 0) is 0 Å². The van der Waals surface area contributed by atoms with Crippen LogP contribution in [0.15, 0.2) is 46.2 Å². The molecule has 5 nitrogen and oxygen atoms in total. The van der Waals surface area contributed by atoms with Crippen LogP contribution in [0.3, 0.4) is 0 Å².